The molecule has 0 aliphatic heterocycles. The monoisotopic (exact) mass is 269 g/mol. The lowest BCUT2D eigenvalue weighted by Gasteiger charge is -1.97. The molecule has 0 atom stereocenters. The van der Waals surface area contributed by atoms with Crippen LogP contribution in [0, 0.1) is 0 Å². The number of aliphatic imine (C=N–C) groups is 1. The molecule has 0 heterocycles. The normalized spacial score (nSPS) is 10.3. The van der Waals surface area contributed by atoms with E-state index in [2.05, 4.69) is 11.9 Å². The molecule has 7 nitrogen and oxygen atoms in total. The maximum Gasteiger partial charge on any atom is 0.394 e. The number of hydrogen-bond acceptors (Lipinski definition) is 3. The Labute approximate surface area is 103 Å². The second-order valence-corrected chi connectivity index (χ2v) is 4.42. The van der Waals surface area contributed by atoms with Gasteiger partial charge in [-0.05, 0) is 6.42 Å². The first-order valence-electron chi connectivity index (χ1n) is 5.52. The maximum atomic E-state index is 8.74. The van der Waals surface area contributed by atoms with Crippen molar-refractivity contribution in [2.24, 2.45) is 16.5 Å². The van der Waals surface area contributed by atoms with E-state index in [1.54, 1.807) is 0 Å². The Hall–Kier alpha value is -0.860. The Morgan fingerprint density at radius 3 is 1.88 bits per heavy atom. The van der Waals surface area contributed by atoms with Gasteiger partial charge in [0.2, 0.25) is 0 Å². The van der Waals surface area contributed by atoms with Gasteiger partial charge in [0, 0.05) is 6.54 Å². The molecule has 0 aromatic rings. The first-order valence-corrected chi connectivity index (χ1v) is 6.92. The summed E-state index contributed by atoms with van der Waals surface area (Å²) in [6.45, 7) is 3.01. The van der Waals surface area contributed by atoms with Crippen LogP contribution in [0.25, 0.3) is 0 Å². The highest BCUT2D eigenvalue weighted by Crippen LogP contribution is 2.04. The van der Waals surface area contributed by atoms with Crippen LogP contribution in [0.3, 0.4) is 0 Å². The molecule has 0 spiro atoms. The summed E-state index contributed by atoms with van der Waals surface area (Å²) in [5.41, 5.74) is 10.4. The molecule has 0 bridgehead atoms. The molecular formula is C9H23N3O4S. The van der Waals surface area contributed by atoms with E-state index in [1.807, 2.05) is 0 Å². The minimum Gasteiger partial charge on any atom is -0.370 e. The van der Waals surface area contributed by atoms with Crippen molar-refractivity contribution in [3.05, 3.63) is 0 Å². The second-order valence-electron chi connectivity index (χ2n) is 3.52. The SMILES string of the molecule is CCCCCCCCN=C(N)N.O=S(=O)(O)O. The van der Waals surface area contributed by atoms with Crippen molar-refractivity contribution >= 4 is 16.4 Å². The molecular weight excluding hydrogens is 246 g/mol. The fourth-order valence-corrected chi connectivity index (χ4v) is 1.10. The fourth-order valence-electron chi connectivity index (χ4n) is 1.10. The summed E-state index contributed by atoms with van der Waals surface area (Å²) in [6, 6.07) is 0. The number of unbranched alkanes of at least 4 members (excludes halogenated alkanes) is 5. The Balaban J connectivity index is 0. The van der Waals surface area contributed by atoms with Gasteiger partial charge < -0.3 is 11.5 Å². The van der Waals surface area contributed by atoms with Gasteiger partial charge in [-0.2, -0.15) is 8.42 Å². The van der Waals surface area contributed by atoms with Crippen molar-refractivity contribution in [1.29, 1.82) is 0 Å². The lowest BCUT2D eigenvalue weighted by molar-refractivity contribution is 0.381. The van der Waals surface area contributed by atoms with Gasteiger partial charge in [0.1, 0.15) is 0 Å². The smallest absolute Gasteiger partial charge is 0.370 e. The Morgan fingerprint density at radius 1 is 1.06 bits per heavy atom. The molecule has 104 valence electrons. The summed E-state index contributed by atoms with van der Waals surface area (Å²) in [6.07, 6.45) is 7.67. The van der Waals surface area contributed by atoms with E-state index in [1.165, 1.54) is 32.1 Å². The van der Waals surface area contributed by atoms with Crippen LogP contribution in [0.5, 0.6) is 0 Å². The standard InChI is InChI=1S/C9H21N3.H2O4S/c1-2-3-4-5-6-7-8-12-9(10)11;1-5(2,3)4/h2-8H2,1H3,(H4,10,11,12);(H2,1,2,3,4). The number of rotatable bonds is 7. The van der Waals surface area contributed by atoms with Gasteiger partial charge in [-0.1, -0.05) is 39.0 Å². The fraction of sp³-hybridized carbons (Fsp3) is 0.889. The Kier molecular flexibility index (Phi) is 12.6. The zero-order valence-corrected chi connectivity index (χ0v) is 11.0. The van der Waals surface area contributed by atoms with E-state index in [4.69, 9.17) is 29.0 Å². The summed E-state index contributed by atoms with van der Waals surface area (Å²) < 4.78 is 31.6. The molecule has 0 aliphatic carbocycles. The molecule has 0 aromatic heterocycles. The zero-order chi connectivity index (χ0) is 13.7. The van der Waals surface area contributed by atoms with E-state index in [0.29, 0.717) is 0 Å². The van der Waals surface area contributed by atoms with Gasteiger partial charge in [0.25, 0.3) is 0 Å². The van der Waals surface area contributed by atoms with Crippen molar-refractivity contribution in [2.45, 2.75) is 45.4 Å². The van der Waals surface area contributed by atoms with Gasteiger partial charge in [-0.15, -0.1) is 0 Å². The molecule has 0 radical (unpaired) electrons. The van der Waals surface area contributed by atoms with Gasteiger partial charge in [0.05, 0.1) is 0 Å². The molecule has 8 heteroatoms. The number of nitrogens with zero attached hydrogens (tertiary/aromatic N) is 1. The average Bonchev–Trinajstić information content (AvgIpc) is 2.13. The zero-order valence-electron chi connectivity index (χ0n) is 10.2. The third-order valence-electron chi connectivity index (χ3n) is 1.81. The summed E-state index contributed by atoms with van der Waals surface area (Å²) in [4.78, 5) is 3.91. The van der Waals surface area contributed by atoms with Gasteiger partial charge in [-0.3, -0.25) is 14.1 Å². The lowest BCUT2D eigenvalue weighted by Crippen LogP contribution is -2.22. The van der Waals surface area contributed by atoms with Crippen molar-refractivity contribution in [3.8, 4) is 0 Å². The molecule has 0 fully saturated rings. The number of nitrogens with two attached hydrogens (primary N) is 2. The van der Waals surface area contributed by atoms with Crippen molar-refractivity contribution in [3.63, 3.8) is 0 Å². The molecule has 0 aliphatic rings. The third-order valence-corrected chi connectivity index (χ3v) is 1.81. The van der Waals surface area contributed by atoms with E-state index in [9.17, 15) is 0 Å². The Bertz CT molecular complexity index is 279. The molecule has 0 unspecified atom stereocenters. The maximum absolute atomic E-state index is 8.74. The minimum atomic E-state index is -4.67. The molecule has 6 N–H and O–H groups in total. The average molecular weight is 269 g/mol. The van der Waals surface area contributed by atoms with Crippen molar-refractivity contribution in [2.75, 3.05) is 6.54 Å². The highest BCUT2D eigenvalue weighted by Gasteiger charge is 1.88. The molecule has 17 heavy (non-hydrogen) atoms. The van der Waals surface area contributed by atoms with E-state index < -0.39 is 10.4 Å². The van der Waals surface area contributed by atoms with Crippen LogP contribution >= 0.6 is 0 Å². The largest absolute Gasteiger partial charge is 0.394 e. The van der Waals surface area contributed by atoms with Crippen LogP contribution < -0.4 is 11.5 Å². The van der Waals surface area contributed by atoms with Crippen LogP contribution in [0.15, 0.2) is 4.99 Å². The van der Waals surface area contributed by atoms with Crippen molar-refractivity contribution < 1.29 is 17.5 Å². The first kappa shape index (κ1) is 18.5. The number of hydrogen-bond donors (Lipinski definition) is 4. The third kappa shape index (κ3) is 39.5. The summed E-state index contributed by atoms with van der Waals surface area (Å²) in [5, 5.41) is 0. The van der Waals surface area contributed by atoms with Crippen LogP contribution in [-0.2, 0) is 10.4 Å². The number of guanidine groups is 1. The minimum absolute atomic E-state index is 0.212. The highest BCUT2D eigenvalue weighted by atomic mass is 32.3. The van der Waals surface area contributed by atoms with Crippen LogP contribution in [0.1, 0.15) is 45.4 Å². The van der Waals surface area contributed by atoms with E-state index in [0.717, 1.165) is 13.0 Å². The summed E-state index contributed by atoms with van der Waals surface area (Å²) >= 11 is 0. The molecule has 0 rings (SSSR count). The van der Waals surface area contributed by atoms with Gasteiger partial charge in [0.15, 0.2) is 5.96 Å². The lowest BCUT2D eigenvalue weighted by atomic mass is 10.1. The highest BCUT2D eigenvalue weighted by molar-refractivity contribution is 7.79. The van der Waals surface area contributed by atoms with Crippen LogP contribution in [0.4, 0.5) is 0 Å². The topological polar surface area (TPSA) is 139 Å². The second kappa shape index (κ2) is 11.6. The first-order chi connectivity index (χ1) is 7.77. The predicted molar refractivity (Wildman–Crippen MR) is 68.2 cm³/mol. The van der Waals surface area contributed by atoms with Gasteiger partial charge in [-0.25, -0.2) is 0 Å². The molecule has 0 amide bonds. The molecule has 0 saturated carbocycles. The summed E-state index contributed by atoms with van der Waals surface area (Å²) in [5.74, 6) is 0.212. The molecule has 0 aromatic carbocycles. The van der Waals surface area contributed by atoms with Crippen molar-refractivity contribution in [1.82, 2.24) is 0 Å². The summed E-state index contributed by atoms with van der Waals surface area (Å²) in [7, 11) is -4.67. The predicted octanol–water partition coefficient (Wildman–Crippen LogP) is 0.968. The van der Waals surface area contributed by atoms with E-state index in [-0.39, 0.29) is 5.96 Å². The quantitative estimate of drug-likeness (QED) is 0.235. The van der Waals surface area contributed by atoms with Crippen LogP contribution in [0.2, 0.25) is 0 Å². The van der Waals surface area contributed by atoms with Gasteiger partial charge >= 0.3 is 10.4 Å². The molecule has 0 saturated heterocycles. The Morgan fingerprint density at radius 2 is 1.47 bits per heavy atom. The van der Waals surface area contributed by atoms with E-state index >= 15 is 0 Å². The van der Waals surface area contributed by atoms with Crippen LogP contribution in [-0.4, -0.2) is 30.0 Å².